The highest BCUT2D eigenvalue weighted by atomic mass is 19.4. The van der Waals surface area contributed by atoms with E-state index < -0.39 is 17.7 Å². The van der Waals surface area contributed by atoms with Crippen molar-refractivity contribution in [3.05, 3.63) is 41.5 Å². The highest BCUT2D eigenvalue weighted by Gasteiger charge is 2.41. The maximum absolute atomic E-state index is 14.2. The number of piperidine rings is 2. The number of carbonyl (C=O) groups is 1. The van der Waals surface area contributed by atoms with Crippen LogP contribution in [-0.4, -0.2) is 34.1 Å². The van der Waals surface area contributed by atoms with E-state index in [4.69, 9.17) is 0 Å². The van der Waals surface area contributed by atoms with Gasteiger partial charge in [0.1, 0.15) is 0 Å². The number of alkyl halides is 3. The molecule has 0 aromatic heterocycles. The van der Waals surface area contributed by atoms with E-state index in [1.54, 1.807) is 18.2 Å². The molecule has 1 saturated carbocycles. The average molecular weight is 489 g/mol. The zero-order chi connectivity index (χ0) is 24.7. The van der Waals surface area contributed by atoms with Crippen LogP contribution in [0.2, 0.25) is 0 Å². The van der Waals surface area contributed by atoms with E-state index in [1.165, 1.54) is 0 Å². The summed E-state index contributed by atoms with van der Waals surface area (Å²) >= 11 is 0. The molecule has 2 aliphatic heterocycles. The summed E-state index contributed by atoms with van der Waals surface area (Å²) in [6.07, 6.45) is 3.85. The normalized spacial score (nSPS) is 29.8. The molecule has 2 N–H and O–H groups in total. The largest absolute Gasteiger partial charge is 0.481 e. The Kier molecular flexibility index (Phi) is 6.73. The van der Waals surface area contributed by atoms with Gasteiger partial charge in [-0.1, -0.05) is 31.5 Å². The van der Waals surface area contributed by atoms with E-state index in [0.29, 0.717) is 30.7 Å². The smallest absolute Gasteiger partial charge is 0.418 e. The van der Waals surface area contributed by atoms with Gasteiger partial charge in [0.25, 0.3) is 0 Å². The minimum Gasteiger partial charge on any atom is -0.481 e. The lowest BCUT2D eigenvalue weighted by atomic mass is 9.78. The van der Waals surface area contributed by atoms with Crippen LogP contribution in [0.4, 0.5) is 18.9 Å². The van der Waals surface area contributed by atoms with Gasteiger partial charge in [-0.2, -0.15) is 13.2 Å². The summed E-state index contributed by atoms with van der Waals surface area (Å²) < 4.78 is 42.7. The van der Waals surface area contributed by atoms with Crippen LogP contribution < -0.4 is 5.32 Å². The molecule has 7 heteroatoms. The average Bonchev–Trinajstić information content (AvgIpc) is 2.79. The quantitative estimate of drug-likeness (QED) is 0.473. The third kappa shape index (κ3) is 5.16. The monoisotopic (exact) mass is 488 g/mol. The summed E-state index contributed by atoms with van der Waals surface area (Å²) in [4.78, 5) is 14.0. The summed E-state index contributed by atoms with van der Waals surface area (Å²) in [5.74, 6) is -0.357. The van der Waals surface area contributed by atoms with Gasteiger partial charge < -0.3 is 10.4 Å². The standard InChI is InChI=1S/C28H35F3N2O2/c1-17-5-9-21(10-6-17)32-25-12-8-19-13-18(7-11-24(19)26(25)28(29,30)31)16-33-22-3-2-4-23(33)15-20(14-22)27(34)35/h7-8,11-13,17,20-23,32H,2-6,9-10,14-16H2,1H3,(H,34,35)/t17-,20?,21+,22?,23?. The first-order chi connectivity index (χ1) is 16.7. The van der Waals surface area contributed by atoms with Gasteiger partial charge in [-0.05, 0) is 85.8 Å². The SMILES string of the molecule is C[C@H]1CC[C@@H](Nc2ccc3cc(CN4C5CCCC4CC(C(=O)O)C5)ccc3c2C(F)(F)F)CC1. The van der Waals surface area contributed by atoms with Crippen molar-refractivity contribution in [3.8, 4) is 0 Å². The Morgan fingerprint density at radius 1 is 1.03 bits per heavy atom. The van der Waals surface area contributed by atoms with Gasteiger partial charge in [-0.3, -0.25) is 9.69 Å². The first kappa shape index (κ1) is 24.4. The molecule has 2 saturated heterocycles. The minimum absolute atomic E-state index is 0.0807. The van der Waals surface area contributed by atoms with Crippen LogP contribution in [0.3, 0.4) is 0 Å². The Balaban J connectivity index is 1.40. The molecule has 5 rings (SSSR count). The van der Waals surface area contributed by atoms with Gasteiger partial charge in [0.15, 0.2) is 0 Å². The Bertz CT molecular complexity index is 1060. The molecular formula is C28H35F3N2O2. The Morgan fingerprint density at radius 3 is 2.34 bits per heavy atom. The number of aliphatic carboxylic acids is 1. The fraction of sp³-hybridized carbons (Fsp3) is 0.607. The minimum atomic E-state index is -4.44. The number of anilines is 1. The van der Waals surface area contributed by atoms with Gasteiger partial charge in [0.2, 0.25) is 0 Å². The van der Waals surface area contributed by atoms with E-state index in [1.807, 2.05) is 12.1 Å². The summed E-state index contributed by atoms with van der Waals surface area (Å²) in [6, 6.07) is 9.28. The summed E-state index contributed by atoms with van der Waals surface area (Å²) in [7, 11) is 0. The first-order valence-electron chi connectivity index (χ1n) is 13.1. The molecule has 190 valence electrons. The number of fused-ring (bicyclic) bond motifs is 3. The van der Waals surface area contributed by atoms with Gasteiger partial charge in [0.05, 0.1) is 11.5 Å². The molecule has 3 aliphatic rings. The van der Waals surface area contributed by atoms with Crippen LogP contribution in [-0.2, 0) is 17.5 Å². The van der Waals surface area contributed by atoms with E-state index in [2.05, 4.69) is 17.1 Å². The van der Waals surface area contributed by atoms with Crippen LogP contribution in [0.15, 0.2) is 30.3 Å². The second-order valence-corrected chi connectivity index (χ2v) is 11.1. The second-order valence-electron chi connectivity index (χ2n) is 11.1. The van der Waals surface area contributed by atoms with E-state index in [0.717, 1.165) is 50.5 Å². The summed E-state index contributed by atoms with van der Waals surface area (Å²) in [6.45, 7) is 2.85. The molecular weight excluding hydrogens is 453 g/mol. The Morgan fingerprint density at radius 2 is 1.71 bits per heavy atom. The van der Waals surface area contributed by atoms with Crippen LogP contribution >= 0.6 is 0 Å². The molecule has 0 amide bonds. The summed E-state index contributed by atoms with van der Waals surface area (Å²) in [5, 5.41) is 13.6. The number of benzene rings is 2. The number of hydrogen-bond donors (Lipinski definition) is 2. The summed E-state index contributed by atoms with van der Waals surface area (Å²) in [5.41, 5.74) is 0.597. The molecule has 4 nitrogen and oxygen atoms in total. The predicted molar refractivity (Wildman–Crippen MR) is 131 cm³/mol. The zero-order valence-corrected chi connectivity index (χ0v) is 20.3. The molecule has 3 fully saturated rings. The van der Waals surface area contributed by atoms with Crippen molar-refractivity contribution in [1.29, 1.82) is 0 Å². The maximum Gasteiger partial charge on any atom is 0.418 e. The van der Waals surface area contributed by atoms with Gasteiger partial charge in [0, 0.05) is 30.4 Å². The van der Waals surface area contributed by atoms with Crippen molar-refractivity contribution in [2.45, 2.75) is 95.6 Å². The number of halogens is 3. The van der Waals surface area contributed by atoms with E-state index in [-0.39, 0.29) is 35.1 Å². The third-order valence-electron chi connectivity index (χ3n) is 8.58. The number of nitrogens with one attached hydrogen (secondary N) is 1. The van der Waals surface area contributed by atoms with Gasteiger partial charge >= 0.3 is 12.1 Å². The van der Waals surface area contributed by atoms with Gasteiger partial charge in [-0.25, -0.2) is 0 Å². The third-order valence-corrected chi connectivity index (χ3v) is 8.58. The maximum atomic E-state index is 14.2. The lowest BCUT2D eigenvalue weighted by molar-refractivity contribution is -0.146. The molecule has 2 aromatic carbocycles. The van der Waals surface area contributed by atoms with Crippen molar-refractivity contribution in [3.63, 3.8) is 0 Å². The molecule has 1 aliphatic carbocycles. The molecule has 2 bridgehead atoms. The number of carboxylic acids is 1. The fourth-order valence-corrected chi connectivity index (χ4v) is 6.68. The lowest BCUT2D eigenvalue weighted by Crippen LogP contribution is -2.52. The number of rotatable bonds is 5. The molecule has 2 unspecified atom stereocenters. The van der Waals surface area contributed by atoms with Crippen molar-refractivity contribution >= 4 is 22.4 Å². The number of hydrogen-bond acceptors (Lipinski definition) is 3. The molecule has 0 spiro atoms. The highest BCUT2D eigenvalue weighted by Crippen LogP contribution is 2.42. The van der Waals surface area contributed by atoms with Crippen molar-refractivity contribution in [2.24, 2.45) is 11.8 Å². The van der Waals surface area contributed by atoms with Crippen molar-refractivity contribution in [1.82, 2.24) is 4.90 Å². The molecule has 35 heavy (non-hydrogen) atoms. The predicted octanol–water partition coefficient (Wildman–Crippen LogP) is 7.07. The first-order valence-corrected chi connectivity index (χ1v) is 13.1. The van der Waals surface area contributed by atoms with Crippen LogP contribution in [0.5, 0.6) is 0 Å². The Labute approximate surface area is 204 Å². The number of carboxylic acid groups (broad SMARTS) is 1. The second kappa shape index (κ2) is 9.64. The van der Waals surface area contributed by atoms with Crippen LogP contribution in [0.25, 0.3) is 10.8 Å². The molecule has 0 radical (unpaired) electrons. The van der Waals surface area contributed by atoms with Crippen molar-refractivity contribution < 1.29 is 23.1 Å². The number of nitrogens with zero attached hydrogens (tertiary/aromatic N) is 1. The van der Waals surface area contributed by atoms with Crippen molar-refractivity contribution in [2.75, 3.05) is 5.32 Å². The van der Waals surface area contributed by atoms with E-state index in [9.17, 15) is 23.1 Å². The van der Waals surface area contributed by atoms with Crippen LogP contribution in [0.1, 0.15) is 75.8 Å². The lowest BCUT2D eigenvalue weighted by Gasteiger charge is -2.48. The Hall–Kier alpha value is -2.28. The molecule has 2 aromatic rings. The van der Waals surface area contributed by atoms with E-state index >= 15 is 0 Å². The fourth-order valence-electron chi connectivity index (χ4n) is 6.68. The van der Waals surface area contributed by atoms with Gasteiger partial charge in [-0.15, -0.1) is 0 Å². The topological polar surface area (TPSA) is 52.6 Å². The van der Waals surface area contributed by atoms with Crippen LogP contribution in [0, 0.1) is 11.8 Å². The highest BCUT2D eigenvalue weighted by molar-refractivity contribution is 5.91. The molecule has 2 atom stereocenters. The zero-order valence-electron chi connectivity index (χ0n) is 20.3. The molecule has 2 heterocycles.